The molecule has 1 heterocycles. The van der Waals surface area contributed by atoms with Gasteiger partial charge in [-0.3, -0.25) is 14.6 Å². The molecule has 0 aliphatic heterocycles. The first-order chi connectivity index (χ1) is 13.6. The van der Waals surface area contributed by atoms with Crippen LogP contribution in [-0.2, 0) is 11.2 Å². The maximum atomic E-state index is 13.1. The van der Waals surface area contributed by atoms with Crippen molar-refractivity contribution < 1.29 is 19.1 Å². The molecule has 0 aliphatic carbocycles. The molecule has 3 rings (SSSR count). The lowest BCUT2D eigenvalue weighted by Gasteiger charge is -2.15. The highest BCUT2D eigenvalue weighted by atomic mass is 16.5. The predicted octanol–water partition coefficient (Wildman–Crippen LogP) is 3.79. The number of hydrogen-bond acceptors (Lipinski definition) is 5. The zero-order valence-corrected chi connectivity index (χ0v) is 15.4. The molecular formula is C23H19NO4. The molecule has 5 nitrogen and oxygen atoms in total. The molecular weight excluding hydrogens is 354 g/mol. The van der Waals surface area contributed by atoms with E-state index in [0.29, 0.717) is 16.7 Å². The van der Waals surface area contributed by atoms with Crippen LogP contribution in [0.15, 0.2) is 79.0 Å². The van der Waals surface area contributed by atoms with Crippen LogP contribution in [0.5, 0.6) is 0 Å². The Kier molecular flexibility index (Phi) is 6.07. The Labute approximate surface area is 163 Å². The van der Waals surface area contributed by atoms with Crippen molar-refractivity contribution in [3.63, 3.8) is 0 Å². The quantitative estimate of drug-likeness (QED) is 0.358. The Morgan fingerprint density at radius 3 is 2.25 bits per heavy atom. The average Bonchev–Trinajstić information content (AvgIpc) is 2.77. The number of rotatable bonds is 7. The molecule has 0 unspecified atom stereocenters. The van der Waals surface area contributed by atoms with E-state index >= 15 is 0 Å². The molecule has 3 aromatic rings. The highest BCUT2D eigenvalue weighted by Crippen LogP contribution is 2.20. The lowest BCUT2D eigenvalue weighted by atomic mass is 9.86. The van der Waals surface area contributed by atoms with Crippen molar-refractivity contribution in [2.24, 2.45) is 5.92 Å². The Morgan fingerprint density at radius 1 is 0.857 bits per heavy atom. The molecule has 0 radical (unpaired) electrons. The van der Waals surface area contributed by atoms with Crippen molar-refractivity contribution in [1.82, 2.24) is 4.98 Å². The molecule has 0 saturated heterocycles. The summed E-state index contributed by atoms with van der Waals surface area (Å²) in [6.07, 6.45) is 1.68. The van der Waals surface area contributed by atoms with Crippen LogP contribution in [0.4, 0.5) is 0 Å². The predicted molar refractivity (Wildman–Crippen MR) is 104 cm³/mol. The molecule has 5 heteroatoms. The summed E-state index contributed by atoms with van der Waals surface area (Å²) in [5.74, 6) is -2.04. The van der Waals surface area contributed by atoms with Crippen molar-refractivity contribution in [2.45, 2.75) is 6.42 Å². The smallest absolute Gasteiger partial charge is 0.337 e. The van der Waals surface area contributed by atoms with Gasteiger partial charge in [0.2, 0.25) is 0 Å². The summed E-state index contributed by atoms with van der Waals surface area (Å²) in [6.45, 7) is 0. The second kappa shape index (κ2) is 8.86. The van der Waals surface area contributed by atoms with E-state index in [9.17, 15) is 14.4 Å². The van der Waals surface area contributed by atoms with Gasteiger partial charge in [0.25, 0.3) is 0 Å². The van der Waals surface area contributed by atoms with Gasteiger partial charge in [-0.25, -0.2) is 4.79 Å². The van der Waals surface area contributed by atoms with Gasteiger partial charge in [-0.2, -0.15) is 0 Å². The summed E-state index contributed by atoms with van der Waals surface area (Å²) < 4.78 is 4.75. The Bertz CT molecular complexity index is 932. The highest BCUT2D eigenvalue weighted by molar-refractivity contribution is 6.15. The fraction of sp³-hybridized carbons (Fsp3) is 0.130. The number of aromatic nitrogens is 1. The van der Waals surface area contributed by atoms with Crippen LogP contribution in [0.1, 0.15) is 36.8 Å². The van der Waals surface area contributed by atoms with Gasteiger partial charge in [0.15, 0.2) is 11.6 Å². The van der Waals surface area contributed by atoms with Crippen LogP contribution in [0.2, 0.25) is 0 Å². The largest absolute Gasteiger partial charge is 0.465 e. The lowest BCUT2D eigenvalue weighted by molar-refractivity contribution is 0.0600. The third-order valence-electron chi connectivity index (χ3n) is 4.40. The minimum Gasteiger partial charge on any atom is -0.465 e. The van der Waals surface area contributed by atoms with Crippen LogP contribution in [0.25, 0.3) is 0 Å². The van der Waals surface area contributed by atoms with E-state index in [0.717, 1.165) is 0 Å². The molecule has 0 saturated carbocycles. The van der Waals surface area contributed by atoms with Gasteiger partial charge in [-0.05, 0) is 36.2 Å². The summed E-state index contributed by atoms with van der Waals surface area (Å²) in [4.78, 5) is 42.1. The molecule has 0 spiro atoms. The number of pyridine rings is 1. The van der Waals surface area contributed by atoms with Crippen LogP contribution in [-0.4, -0.2) is 29.6 Å². The average molecular weight is 373 g/mol. The molecule has 28 heavy (non-hydrogen) atoms. The number of ketones is 2. The number of methoxy groups -OCH3 is 1. The van der Waals surface area contributed by atoms with Gasteiger partial charge >= 0.3 is 5.97 Å². The maximum absolute atomic E-state index is 13.1. The van der Waals surface area contributed by atoms with Crippen molar-refractivity contribution in [3.8, 4) is 0 Å². The third-order valence-corrected chi connectivity index (χ3v) is 4.40. The van der Waals surface area contributed by atoms with E-state index in [1.165, 1.54) is 13.3 Å². The highest BCUT2D eigenvalue weighted by Gasteiger charge is 2.29. The first-order valence-electron chi connectivity index (χ1n) is 8.82. The second-order valence-corrected chi connectivity index (χ2v) is 6.26. The summed E-state index contributed by atoms with van der Waals surface area (Å²) in [5.41, 5.74) is 1.76. The molecule has 0 fully saturated rings. The zero-order chi connectivity index (χ0) is 19.9. The molecule has 0 bridgehead atoms. The van der Waals surface area contributed by atoms with Gasteiger partial charge in [-0.15, -0.1) is 0 Å². The molecule has 0 aliphatic rings. The fourth-order valence-electron chi connectivity index (χ4n) is 2.97. The van der Waals surface area contributed by atoms with Crippen molar-refractivity contribution >= 4 is 17.5 Å². The lowest BCUT2D eigenvalue weighted by Crippen LogP contribution is -2.27. The molecule has 0 amide bonds. The van der Waals surface area contributed by atoms with E-state index in [1.54, 1.807) is 66.7 Å². The van der Waals surface area contributed by atoms with E-state index in [2.05, 4.69) is 4.98 Å². The van der Waals surface area contributed by atoms with Crippen LogP contribution in [0, 0.1) is 5.92 Å². The normalized spacial score (nSPS) is 11.5. The number of nitrogens with zero attached hydrogens (tertiary/aromatic N) is 1. The van der Waals surface area contributed by atoms with Crippen LogP contribution >= 0.6 is 0 Å². The topological polar surface area (TPSA) is 73.3 Å². The Balaban J connectivity index is 1.96. The van der Waals surface area contributed by atoms with Gasteiger partial charge in [0.05, 0.1) is 18.6 Å². The third kappa shape index (κ3) is 4.38. The summed E-state index contributed by atoms with van der Waals surface area (Å²) >= 11 is 0. The van der Waals surface area contributed by atoms with E-state index in [4.69, 9.17) is 4.74 Å². The first kappa shape index (κ1) is 19.2. The Morgan fingerprint density at radius 2 is 1.57 bits per heavy atom. The summed E-state index contributed by atoms with van der Waals surface area (Å²) in [6, 6.07) is 20.5. The first-order valence-corrected chi connectivity index (χ1v) is 8.82. The van der Waals surface area contributed by atoms with Gasteiger partial charge < -0.3 is 4.74 Å². The number of hydrogen-bond donors (Lipinski definition) is 0. The summed E-state index contributed by atoms with van der Waals surface area (Å²) in [5, 5.41) is 0. The van der Waals surface area contributed by atoms with E-state index < -0.39 is 11.9 Å². The fourth-order valence-corrected chi connectivity index (χ4v) is 2.97. The molecule has 2 aromatic carbocycles. The van der Waals surface area contributed by atoms with E-state index in [-0.39, 0.29) is 23.7 Å². The molecule has 1 aromatic heterocycles. The number of carbonyl (C=O) groups is 3. The van der Waals surface area contributed by atoms with Gasteiger partial charge in [0, 0.05) is 11.8 Å². The number of benzene rings is 2. The second-order valence-electron chi connectivity index (χ2n) is 6.26. The zero-order valence-electron chi connectivity index (χ0n) is 15.4. The maximum Gasteiger partial charge on any atom is 0.337 e. The van der Waals surface area contributed by atoms with Crippen molar-refractivity contribution in [1.29, 1.82) is 0 Å². The minimum atomic E-state index is -0.940. The monoisotopic (exact) mass is 373 g/mol. The minimum absolute atomic E-state index is 0.161. The number of esters is 1. The van der Waals surface area contributed by atoms with Crippen molar-refractivity contribution in [2.75, 3.05) is 7.11 Å². The Hall–Kier alpha value is -3.60. The molecule has 0 N–H and O–H groups in total. The van der Waals surface area contributed by atoms with Gasteiger partial charge in [-0.1, -0.05) is 48.5 Å². The SMILES string of the molecule is COC(=O)c1cccc(C[C@H](C(=O)c2ccccc2)C(=O)c2ccccn2)c1. The van der Waals surface area contributed by atoms with Crippen LogP contribution < -0.4 is 0 Å². The molecule has 1 atom stereocenters. The van der Waals surface area contributed by atoms with Crippen LogP contribution in [0.3, 0.4) is 0 Å². The summed E-state index contributed by atoms with van der Waals surface area (Å²) in [7, 11) is 1.31. The van der Waals surface area contributed by atoms with Crippen molar-refractivity contribution in [3.05, 3.63) is 101 Å². The van der Waals surface area contributed by atoms with Gasteiger partial charge in [0.1, 0.15) is 5.69 Å². The number of ether oxygens (including phenoxy) is 1. The number of carbonyl (C=O) groups excluding carboxylic acids is 3. The van der Waals surface area contributed by atoms with E-state index in [1.807, 2.05) is 6.07 Å². The molecule has 140 valence electrons. The standard InChI is InChI=1S/C23H19NO4/c1-28-23(27)18-11-7-8-16(14-18)15-19(21(25)17-9-3-2-4-10-17)22(26)20-12-5-6-13-24-20/h2-14,19H,15H2,1H3/t19-/m1/s1. The number of Topliss-reactive ketones (excluding diaryl/α,β-unsaturated/α-hetero) is 2.